The predicted octanol–water partition coefficient (Wildman–Crippen LogP) is 2.33. The van der Waals surface area contributed by atoms with Crippen LogP contribution in [0.3, 0.4) is 0 Å². The van der Waals surface area contributed by atoms with Crippen LogP contribution in [0.1, 0.15) is 37.7 Å². The average Bonchev–Trinajstić information content (AvgIpc) is 3.11. The molecule has 0 atom stereocenters. The fourth-order valence-corrected chi connectivity index (χ4v) is 3.03. The van der Waals surface area contributed by atoms with Gasteiger partial charge < -0.3 is 15.5 Å². The largest absolute Gasteiger partial charge is 0.470 e. The van der Waals surface area contributed by atoms with Gasteiger partial charge in [-0.15, -0.1) is 0 Å². The number of anilines is 1. The van der Waals surface area contributed by atoms with E-state index in [0.29, 0.717) is 16.9 Å². The minimum atomic E-state index is -0.537. The molecule has 0 saturated heterocycles. The van der Waals surface area contributed by atoms with Crippen LogP contribution in [0, 0.1) is 5.82 Å². The molecule has 5 N–H and O–H groups in total. The second-order valence-corrected chi connectivity index (χ2v) is 6.41. The SMILES string of the molecule is [B]c1cc(N=C(NO)c2cocc2NC(N)=NC2CCCCC2)ccc1F. The summed E-state index contributed by atoms with van der Waals surface area (Å²) in [5, 5.41) is 12.5. The van der Waals surface area contributed by atoms with Crippen molar-refractivity contribution in [2.45, 2.75) is 38.1 Å². The van der Waals surface area contributed by atoms with Gasteiger partial charge in [-0.3, -0.25) is 10.7 Å². The van der Waals surface area contributed by atoms with E-state index in [1.165, 1.54) is 37.1 Å². The summed E-state index contributed by atoms with van der Waals surface area (Å²) < 4.78 is 18.5. The molecule has 1 aromatic carbocycles. The number of rotatable bonds is 4. The first-order chi connectivity index (χ1) is 13.1. The van der Waals surface area contributed by atoms with Crippen LogP contribution in [0.15, 0.2) is 45.1 Å². The highest BCUT2D eigenvalue weighted by Gasteiger charge is 2.16. The molecule has 1 fully saturated rings. The van der Waals surface area contributed by atoms with Gasteiger partial charge in [0.2, 0.25) is 0 Å². The van der Waals surface area contributed by atoms with Crippen LogP contribution in [0.2, 0.25) is 0 Å². The van der Waals surface area contributed by atoms with Crippen LogP contribution in [-0.4, -0.2) is 30.9 Å². The summed E-state index contributed by atoms with van der Waals surface area (Å²) >= 11 is 0. The Balaban J connectivity index is 1.80. The van der Waals surface area contributed by atoms with Crippen molar-refractivity contribution in [1.82, 2.24) is 5.48 Å². The number of nitrogens with two attached hydrogens (primary N) is 1. The number of nitrogens with one attached hydrogen (secondary N) is 2. The molecule has 1 aliphatic rings. The highest BCUT2D eigenvalue weighted by atomic mass is 19.1. The Morgan fingerprint density at radius 2 is 2.04 bits per heavy atom. The smallest absolute Gasteiger partial charge is 0.193 e. The maximum Gasteiger partial charge on any atom is 0.193 e. The third kappa shape index (κ3) is 4.88. The van der Waals surface area contributed by atoms with Gasteiger partial charge in [-0.1, -0.05) is 24.7 Å². The van der Waals surface area contributed by atoms with Crippen molar-refractivity contribution >= 4 is 36.5 Å². The van der Waals surface area contributed by atoms with E-state index in [4.69, 9.17) is 18.0 Å². The minimum Gasteiger partial charge on any atom is -0.470 e. The van der Waals surface area contributed by atoms with Gasteiger partial charge in [0.1, 0.15) is 26.2 Å². The van der Waals surface area contributed by atoms with Crippen molar-refractivity contribution in [3.63, 3.8) is 0 Å². The van der Waals surface area contributed by atoms with Crippen LogP contribution in [0.5, 0.6) is 0 Å². The van der Waals surface area contributed by atoms with E-state index in [-0.39, 0.29) is 23.3 Å². The summed E-state index contributed by atoms with van der Waals surface area (Å²) in [6.45, 7) is 0. The molecular formula is C18H21BFN5O2. The van der Waals surface area contributed by atoms with E-state index in [9.17, 15) is 9.60 Å². The average molecular weight is 369 g/mol. The lowest BCUT2D eigenvalue weighted by Crippen LogP contribution is -2.28. The van der Waals surface area contributed by atoms with E-state index < -0.39 is 5.82 Å². The monoisotopic (exact) mass is 369 g/mol. The number of benzene rings is 1. The summed E-state index contributed by atoms with van der Waals surface area (Å²) in [6.07, 6.45) is 8.43. The molecule has 0 spiro atoms. The molecule has 27 heavy (non-hydrogen) atoms. The number of hydrogen-bond donors (Lipinski definition) is 4. The number of nitrogens with zero attached hydrogens (tertiary/aromatic N) is 2. The van der Waals surface area contributed by atoms with E-state index >= 15 is 0 Å². The predicted molar refractivity (Wildman–Crippen MR) is 104 cm³/mol. The zero-order valence-electron chi connectivity index (χ0n) is 14.8. The number of furan rings is 1. The van der Waals surface area contributed by atoms with E-state index in [1.807, 2.05) is 5.48 Å². The fraction of sp³-hybridized carbons (Fsp3) is 0.333. The molecule has 1 saturated carbocycles. The Labute approximate surface area is 157 Å². The maximum atomic E-state index is 13.3. The topological polar surface area (TPSA) is 108 Å². The molecular weight excluding hydrogens is 348 g/mol. The molecule has 0 amide bonds. The van der Waals surface area contributed by atoms with Gasteiger partial charge in [0.25, 0.3) is 0 Å². The molecule has 0 aliphatic heterocycles. The lowest BCUT2D eigenvalue weighted by molar-refractivity contribution is 0.235. The van der Waals surface area contributed by atoms with Crippen molar-refractivity contribution in [3.8, 4) is 0 Å². The van der Waals surface area contributed by atoms with E-state index in [0.717, 1.165) is 25.7 Å². The first-order valence-corrected chi connectivity index (χ1v) is 8.77. The Bertz CT molecular complexity index is 846. The molecule has 1 heterocycles. The first kappa shape index (κ1) is 19.0. The molecule has 0 unspecified atom stereocenters. The van der Waals surface area contributed by atoms with Gasteiger partial charge in [0.05, 0.1) is 23.0 Å². The molecule has 9 heteroatoms. The summed E-state index contributed by atoms with van der Waals surface area (Å²) in [7, 11) is 5.55. The van der Waals surface area contributed by atoms with Crippen LogP contribution in [0.25, 0.3) is 0 Å². The first-order valence-electron chi connectivity index (χ1n) is 8.77. The van der Waals surface area contributed by atoms with Crippen molar-refractivity contribution in [2.24, 2.45) is 15.7 Å². The quantitative estimate of drug-likeness (QED) is 0.286. The summed E-state index contributed by atoms with van der Waals surface area (Å²) in [6, 6.07) is 4.22. The zero-order valence-corrected chi connectivity index (χ0v) is 14.8. The summed E-state index contributed by atoms with van der Waals surface area (Å²) in [4.78, 5) is 8.74. The van der Waals surface area contributed by atoms with Crippen molar-refractivity contribution in [3.05, 3.63) is 42.1 Å². The molecule has 3 rings (SSSR count). The van der Waals surface area contributed by atoms with Gasteiger partial charge >= 0.3 is 0 Å². The van der Waals surface area contributed by atoms with Crippen molar-refractivity contribution in [1.29, 1.82) is 0 Å². The lowest BCUT2D eigenvalue weighted by atomic mass is 9.95. The van der Waals surface area contributed by atoms with Gasteiger partial charge in [0, 0.05) is 0 Å². The Hall–Kier alpha value is -2.81. The van der Waals surface area contributed by atoms with Gasteiger partial charge in [-0.25, -0.2) is 14.4 Å². The lowest BCUT2D eigenvalue weighted by Gasteiger charge is -2.18. The fourth-order valence-electron chi connectivity index (χ4n) is 3.03. The number of amidine groups is 1. The van der Waals surface area contributed by atoms with Gasteiger partial charge in [-0.05, 0) is 31.0 Å². The van der Waals surface area contributed by atoms with Gasteiger partial charge in [-0.2, -0.15) is 0 Å². The van der Waals surface area contributed by atoms with Crippen LogP contribution in [-0.2, 0) is 0 Å². The van der Waals surface area contributed by atoms with E-state index in [2.05, 4.69) is 15.3 Å². The normalized spacial score (nSPS) is 16.4. The maximum absolute atomic E-state index is 13.3. The molecule has 1 aliphatic carbocycles. The molecule has 2 aromatic rings. The summed E-state index contributed by atoms with van der Waals surface area (Å²) in [5.41, 5.74) is 9.27. The van der Waals surface area contributed by atoms with Gasteiger partial charge in [0.15, 0.2) is 11.8 Å². The minimum absolute atomic E-state index is 0.0389. The molecule has 2 radical (unpaired) electrons. The summed E-state index contributed by atoms with van der Waals surface area (Å²) in [5.74, 6) is -0.180. The molecule has 0 bridgehead atoms. The second kappa shape index (κ2) is 8.72. The van der Waals surface area contributed by atoms with Crippen LogP contribution in [0.4, 0.5) is 15.8 Å². The van der Waals surface area contributed by atoms with Crippen LogP contribution < -0.4 is 22.0 Å². The van der Waals surface area contributed by atoms with Crippen molar-refractivity contribution < 1.29 is 14.0 Å². The van der Waals surface area contributed by atoms with Crippen molar-refractivity contribution in [2.75, 3.05) is 5.32 Å². The molecule has 7 nitrogen and oxygen atoms in total. The Morgan fingerprint density at radius 1 is 1.26 bits per heavy atom. The third-order valence-corrected chi connectivity index (χ3v) is 4.40. The Morgan fingerprint density at radius 3 is 2.74 bits per heavy atom. The highest BCUT2D eigenvalue weighted by molar-refractivity contribution is 6.32. The van der Waals surface area contributed by atoms with Crippen LogP contribution >= 0.6 is 0 Å². The standard InChI is InChI=1S/C18H21BFN5O2/c19-14-8-12(6-7-15(14)20)22-17(25-26)13-9-27-10-16(13)24-18(21)23-11-4-2-1-3-5-11/h6-11,26H,1-5H2,(H,22,25)(H3,21,23,24). The molecule has 1 aromatic heterocycles. The number of guanidine groups is 1. The highest BCUT2D eigenvalue weighted by Crippen LogP contribution is 2.22. The number of hydrogen-bond acceptors (Lipinski definition) is 4. The second-order valence-electron chi connectivity index (χ2n) is 6.41. The molecule has 140 valence electrons. The number of halogens is 1. The number of aliphatic imine (C=N–C) groups is 2. The number of hydroxylamine groups is 1. The Kier molecular flexibility index (Phi) is 6.13. The zero-order chi connectivity index (χ0) is 19.2. The third-order valence-electron chi connectivity index (χ3n) is 4.40. The van der Waals surface area contributed by atoms with E-state index in [1.54, 1.807) is 0 Å².